The fraction of sp³-hybridized carbons (Fsp3) is 0.857. The molecule has 0 bridgehead atoms. The van der Waals surface area contributed by atoms with E-state index in [-0.39, 0.29) is 17.1 Å². The number of rotatable bonds is 12. The summed E-state index contributed by atoms with van der Waals surface area (Å²) in [6, 6.07) is 0. The number of hydrogen-bond acceptors (Lipinski definition) is 16. The smallest absolute Gasteiger partial charge is 0.547 e. The van der Waals surface area contributed by atoms with Gasteiger partial charge in [0.15, 0.2) is 0 Å². The number of carbonyl (C=O) groups is 2. The molecule has 0 spiro atoms. The quantitative estimate of drug-likeness (QED) is 0.109. The van der Waals surface area contributed by atoms with Crippen LogP contribution in [0.5, 0.6) is 0 Å². The van der Waals surface area contributed by atoms with Crippen molar-refractivity contribution >= 4 is 11.9 Å². The van der Waals surface area contributed by atoms with Crippen molar-refractivity contribution in [1.29, 1.82) is 0 Å². The number of carbonyl (C=O) groups excluding carboxylic acids is 2. The van der Waals surface area contributed by atoms with Crippen LogP contribution in [0.15, 0.2) is 0 Å². The van der Waals surface area contributed by atoms with Gasteiger partial charge in [-0.1, -0.05) is 0 Å². The van der Waals surface area contributed by atoms with Gasteiger partial charge in [-0.25, -0.2) is 0 Å². The summed E-state index contributed by atoms with van der Waals surface area (Å²) in [6.45, 7) is -1.79. The summed E-state index contributed by atoms with van der Waals surface area (Å²) >= 11 is 0. The Labute approximate surface area is 185 Å². The predicted octanol–water partition coefficient (Wildman–Crippen LogP) is -10.9. The second-order valence-electron chi connectivity index (χ2n) is 5.97. The molecule has 0 unspecified atom stereocenters. The first-order valence-electron chi connectivity index (χ1n) is 8.09. The summed E-state index contributed by atoms with van der Waals surface area (Å²) < 4.78 is 0. The molecule has 0 saturated heterocycles. The van der Waals surface area contributed by atoms with Crippen molar-refractivity contribution in [3.63, 3.8) is 0 Å². The first kappa shape index (κ1) is 34.6. The molecule has 0 aliphatic heterocycles. The van der Waals surface area contributed by atoms with Gasteiger partial charge in [-0.3, -0.25) is 0 Å². The average molecular weight is 506 g/mol. The molecular formula is C14H26FeO16. The Bertz CT molecular complexity index is 465. The largest absolute Gasteiger partial charge is 2.00 e. The maximum absolute atomic E-state index is 10.1. The van der Waals surface area contributed by atoms with Crippen LogP contribution in [0.1, 0.15) is 0 Å². The molecule has 0 rings (SSSR count). The number of carboxylic acids is 2. The van der Waals surface area contributed by atoms with Gasteiger partial charge in [0.05, 0.1) is 25.2 Å². The fourth-order valence-corrected chi connectivity index (χ4v) is 1.73. The molecule has 0 saturated carbocycles. The molecule has 0 radical (unpaired) electrons. The number of aliphatic carboxylic acids is 2. The Kier molecular flexibility index (Phi) is 18.5. The van der Waals surface area contributed by atoms with Crippen molar-refractivity contribution in [2.45, 2.75) is 61.0 Å². The van der Waals surface area contributed by atoms with Crippen LogP contribution < -0.4 is 10.2 Å². The van der Waals surface area contributed by atoms with E-state index in [2.05, 4.69) is 0 Å². The van der Waals surface area contributed by atoms with E-state index in [0.29, 0.717) is 0 Å². The van der Waals surface area contributed by atoms with Gasteiger partial charge in [-0.05, 0) is 0 Å². The first-order valence-corrected chi connectivity index (χ1v) is 8.09. The van der Waals surface area contributed by atoms with E-state index in [1.807, 2.05) is 0 Å². The number of carboxylic acid groups (broad SMARTS) is 2. The third-order valence-corrected chi connectivity index (χ3v) is 3.69. The van der Waals surface area contributed by atoms with Crippen molar-refractivity contribution in [3.8, 4) is 0 Å². The van der Waals surface area contributed by atoms with Crippen LogP contribution in [0.25, 0.3) is 0 Å². The van der Waals surface area contributed by atoms with E-state index < -0.39 is 86.2 Å². The topological polar surface area (TPSA) is 323 Å². The van der Waals surface area contributed by atoms with Crippen molar-refractivity contribution in [2.24, 2.45) is 0 Å². The van der Waals surface area contributed by atoms with Crippen LogP contribution in [0, 0.1) is 0 Å². The molecule has 0 aromatic rings. The van der Waals surface area contributed by atoms with Gasteiger partial charge in [-0.2, -0.15) is 0 Å². The molecule has 0 aliphatic rings. The minimum absolute atomic E-state index is 0. The molecule has 0 aromatic heterocycles. The standard InChI is InChI=1S/2C7H14O8.Fe/c2*8-1-2(9)3(10)4(11)5(12)6(13)7(14)15;/h2*2-6,8-13H,1H2,(H,14,15);/q;;+2/p-2/t2*2-,3+,4-,5-,6-;/m11./s1. The Morgan fingerprint density at radius 1 is 0.516 bits per heavy atom. The van der Waals surface area contributed by atoms with Gasteiger partial charge in [-0.15, -0.1) is 0 Å². The summed E-state index contributed by atoms with van der Waals surface area (Å²) in [5.41, 5.74) is 0. The van der Waals surface area contributed by atoms with E-state index in [9.17, 15) is 19.8 Å². The molecule has 12 N–H and O–H groups in total. The maximum atomic E-state index is 10.1. The molecule has 186 valence electrons. The minimum atomic E-state index is -2.40. The molecule has 31 heavy (non-hydrogen) atoms. The van der Waals surface area contributed by atoms with Crippen LogP contribution >= 0.6 is 0 Å². The van der Waals surface area contributed by atoms with Crippen molar-refractivity contribution < 1.29 is 98.1 Å². The number of aliphatic hydroxyl groups excluding tert-OH is 12. The van der Waals surface area contributed by atoms with E-state index in [4.69, 9.17) is 61.3 Å². The van der Waals surface area contributed by atoms with Gasteiger partial charge >= 0.3 is 17.1 Å². The van der Waals surface area contributed by atoms with Crippen LogP contribution in [0.3, 0.4) is 0 Å². The summed E-state index contributed by atoms with van der Waals surface area (Å²) in [5, 5.41) is 126. The second kappa shape index (κ2) is 16.6. The molecule has 16 nitrogen and oxygen atoms in total. The summed E-state index contributed by atoms with van der Waals surface area (Å²) in [5.74, 6) is -4.07. The van der Waals surface area contributed by atoms with E-state index in [0.717, 1.165) is 0 Å². The zero-order chi connectivity index (χ0) is 24.3. The van der Waals surface area contributed by atoms with Gasteiger partial charge < -0.3 is 81.1 Å². The van der Waals surface area contributed by atoms with Crippen LogP contribution in [-0.2, 0) is 26.7 Å². The van der Waals surface area contributed by atoms with Crippen molar-refractivity contribution in [3.05, 3.63) is 0 Å². The Morgan fingerprint density at radius 2 is 0.742 bits per heavy atom. The Hall–Kier alpha value is -1.02. The van der Waals surface area contributed by atoms with Gasteiger partial charge in [0, 0.05) is 0 Å². The fourth-order valence-electron chi connectivity index (χ4n) is 1.73. The van der Waals surface area contributed by atoms with E-state index in [1.165, 1.54) is 0 Å². The Morgan fingerprint density at radius 3 is 0.903 bits per heavy atom. The predicted molar refractivity (Wildman–Crippen MR) is 84.3 cm³/mol. The van der Waals surface area contributed by atoms with Crippen LogP contribution in [-0.4, -0.2) is 147 Å². The monoisotopic (exact) mass is 506 g/mol. The third kappa shape index (κ3) is 11.4. The maximum Gasteiger partial charge on any atom is 2.00 e. The van der Waals surface area contributed by atoms with Crippen LogP contribution in [0.4, 0.5) is 0 Å². The molecule has 0 amide bonds. The third-order valence-electron chi connectivity index (χ3n) is 3.69. The zero-order valence-electron chi connectivity index (χ0n) is 15.5. The van der Waals surface area contributed by atoms with Gasteiger partial charge in [0.1, 0.15) is 61.0 Å². The van der Waals surface area contributed by atoms with Crippen molar-refractivity contribution in [2.75, 3.05) is 13.2 Å². The number of hydrogen-bond donors (Lipinski definition) is 12. The summed E-state index contributed by atoms with van der Waals surface area (Å²) in [4.78, 5) is 20.2. The van der Waals surface area contributed by atoms with Crippen molar-refractivity contribution in [1.82, 2.24) is 0 Å². The molecule has 0 fully saturated rings. The first-order chi connectivity index (χ1) is 13.6. The van der Waals surface area contributed by atoms with Gasteiger partial charge in [0.2, 0.25) is 0 Å². The zero-order valence-corrected chi connectivity index (χ0v) is 16.6. The molecule has 0 aromatic carbocycles. The molecule has 0 aliphatic carbocycles. The SMILES string of the molecule is O=C([O-])[C@H](O)[C@H](O)[C@H](O)[C@@H](O)[C@H](O)CO.O=C([O-])[C@H](O)[C@H](O)[C@H](O)[C@@H](O)[C@H](O)CO.[Fe+2]. The van der Waals surface area contributed by atoms with Crippen LogP contribution in [0.2, 0.25) is 0 Å². The Balaban J connectivity index is -0.000000490. The normalized spacial score (nSPS) is 20.8. The van der Waals surface area contributed by atoms with Gasteiger partial charge in [0.25, 0.3) is 0 Å². The molecule has 10 atom stereocenters. The van der Waals surface area contributed by atoms with E-state index in [1.54, 1.807) is 0 Å². The number of aliphatic hydroxyl groups is 12. The van der Waals surface area contributed by atoms with E-state index >= 15 is 0 Å². The second-order valence-corrected chi connectivity index (χ2v) is 5.97. The summed E-state index contributed by atoms with van der Waals surface area (Å²) in [6.07, 6.45) is -21.0. The minimum Gasteiger partial charge on any atom is -0.547 e. The molecule has 17 heteroatoms. The molecule has 0 heterocycles. The summed E-state index contributed by atoms with van der Waals surface area (Å²) in [7, 11) is 0. The molecular weight excluding hydrogens is 480 g/mol. The average Bonchev–Trinajstić information content (AvgIpc) is 2.73.